The molecule has 0 bridgehead atoms. The Bertz CT molecular complexity index is 627. The summed E-state index contributed by atoms with van der Waals surface area (Å²) in [5.74, 6) is 0.743. The van der Waals surface area contributed by atoms with Gasteiger partial charge in [0.15, 0.2) is 0 Å². The van der Waals surface area contributed by atoms with Gasteiger partial charge in [-0.25, -0.2) is 4.98 Å². The lowest BCUT2D eigenvalue weighted by atomic mass is 10.2. The van der Waals surface area contributed by atoms with E-state index in [4.69, 9.17) is 9.47 Å². The van der Waals surface area contributed by atoms with Crippen LogP contribution in [0.2, 0.25) is 0 Å². The second kappa shape index (κ2) is 6.06. The summed E-state index contributed by atoms with van der Waals surface area (Å²) in [6.45, 7) is 9.00. The highest BCUT2D eigenvalue weighted by molar-refractivity contribution is 5.88. The maximum Gasteiger partial charge on any atom is 0.238 e. The van der Waals surface area contributed by atoms with Gasteiger partial charge in [-0.3, -0.25) is 0 Å². The molecule has 3 rings (SSSR count). The lowest BCUT2D eigenvalue weighted by molar-refractivity contribution is 0.0668. The van der Waals surface area contributed by atoms with E-state index in [1.807, 2.05) is 6.20 Å². The highest BCUT2D eigenvalue weighted by atomic mass is 16.5. The fraction of sp³-hybridized carbons (Fsp3) is 0.588. The van der Waals surface area contributed by atoms with E-state index in [0.717, 1.165) is 43.8 Å². The maximum atomic E-state index is 6.00. The average Bonchev–Trinajstić information content (AvgIpc) is 3.09. The van der Waals surface area contributed by atoms with Crippen molar-refractivity contribution in [3.8, 4) is 5.88 Å². The molecule has 0 amide bonds. The molecule has 4 nitrogen and oxygen atoms in total. The second-order valence-electron chi connectivity index (χ2n) is 5.82. The van der Waals surface area contributed by atoms with Crippen LogP contribution in [0.4, 0.5) is 0 Å². The van der Waals surface area contributed by atoms with Crippen LogP contribution in [0.1, 0.15) is 37.4 Å². The van der Waals surface area contributed by atoms with Crippen molar-refractivity contribution in [3.05, 3.63) is 23.5 Å². The van der Waals surface area contributed by atoms with E-state index in [9.17, 15) is 0 Å². The largest absolute Gasteiger partial charge is 0.473 e. The van der Waals surface area contributed by atoms with Crippen molar-refractivity contribution in [1.82, 2.24) is 9.55 Å². The first kappa shape index (κ1) is 14.4. The first-order valence-corrected chi connectivity index (χ1v) is 7.91. The van der Waals surface area contributed by atoms with Crippen molar-refractivity contribution in [1.29, 1.82) is 0 Å². The normalized spacial score (nSPS) is 18.5. The molecule has 2 aromatic rings. The number of aromatic nitrogens is 2. The van der Waals surface area contributed by atoms with Gasteiger partial charge in [-0.1, -0.05) is 6.92 Å². The number of pyridine rings is 1. The van der Waals surface area contributed by atoms with Crippen LogP contribution in [0.25, 0.3) is 10.9 Å². The summed E-state index contributed by atoms with van der Waals surface area (Å²) >= 11 is 0. The van der Waals surface area contributed by atoms with Crippen molar-refractivity contribution in [2.24, 2.45) is 0 Å². The summed E-state index contributed by atoms with van der Waals surface area (Å²) in [6.07, 6.45) is 5.39. The van der Waals surface area contributed by atoms with Crippen molar-refractivity contribution in [2.75, 3.05) is 13.2 Å². The van der Waals surface area contributed by atoms with Crippen molar-refractivity contribution >= 4 is 10.9 Å². The van der Waals surface area contributed by atoms with Crippen molar-refractivity contribution in [3.63, 3.8) is 0 Å². The Balaban J connectivity index is 1.95. The molecule has 1 saturated heterocycles. The van der Waals surface area contributed by atoms with E-state index >= 15 is 0 Å². The zero-order chi connectivity index (χ0) is 14.8. The third-order valence-electron chi connectivity index (χ3n) is 4.39. The molecule has 0 N–H and O–H groups in total. The molecule has 0 saturated carbocycles. The molecule has 0 aromatic carbocycles. The monoisotopic (exact) mass is 288 g/mol. The van der Waals surface area contributed by atoms with Gasteiger partial charge in [0, 0.05) is 30.4 Å². The molecule has 1 unspecified atom stereocenters. The van der Waals surface area contributed by atoms with Gasteiger partial charge in [0.1, 0.15) is 12.1 Å². The van der Waals surface area contributed by atoms with Crippen LogP contribution in [0.5, 0.6) is 5.88 Å². The molecule has 0 aliphatic carbocycles. The Morgan fingerprint density at radius 3 is 3.00 bits per heavy atom. The fourth-order valence-corrected chi connectivity index (χ4v) is 3.12. The summed E-state index contributed by atoms with van der Waals surface area (Å²) < 4.78 is 14.0. The molecule has 0 spiro atoms. The zero-order valence-corrected chi connectivity index (χ0v) is 13.2. The molecule has 2 aromatic heterocycles. The van der Waals surface area contributed by atoms with Gasteiger partial charge in [0.2, 0.25) is 5.88 Å². The molecule has 4 heteroatoms. The molecule has 114 valence electrons. The SMILES string of the molecule is CCCn1c(C)c(C)c2ccnc(OCC3CCCO3)c21. The Morgan fingerprint density at radius 1 is 1.43 bits per heavy atom. The van der Waals surface area contributed by atoms with Gasteiger partial charge in [-0.15, -0.1) is 0 Å². The number of aryl methyl sites for hydroxylation is 2. The van der Waals surface area contributed by atoms with Crippen LogP contribution < -0.4 is 4.74 Å². The predicted molar refractivity (Wildman–Crippen MR) is 84.0 cm³/mol. The Labute approximate surface area is 126 Å². The lowest BCUT2D eigenvalue weighted by Crippen LogP contribution is -2.17. The van der Waals surface area contributed by atoms with E-state index in [1.165, 1.54) is 16.6 Å². The van der Waals surface area contributed by atoms with Crippen LogP contribution in [-0.2, 0) is 11.3 Å². The fourth-order valence-electron chi connectivity index (χ4n) is 3.12. The highest BCUT2D eigenvalue weighted by Gasteiger charge is 2.19. The van der Waals surface area contributed by atoms with Crippen LogP contribution in [-0.4, -0.2) is 28.9 Å². The van der Waals surface area contributed by atoms with Gasteiger partial charge in [-0.2, -0.15) is 0 Å². The number of nitrogens with zero attached hydrogens (tertiary/aromatic N) is 2. The number of fused-ring (bicyclic) bond motifs is 1. The maximum absolute atomic E-state index is 6.00. The second-order valence-corrected chi connectivity index (χ2v) is 5.82. The lowest BCUT2D eigenvalue weighted by Gasteiger charge is -2.13. The van der Waals surface area contributed by atoms with Gasteiger partial charge in [0.25, 0.3) is 0 Å². The topological polar surface area (TPSA) is 36.3 Å². The molecule has 1 aliphatic rings. The highest BCUT2D eigenvalue weighted by Crippen LogP contribution is 2.31. The quantitative estimate of drug-likeness (QED) is 0.843. The standard InChI is InChI=1S/C17H24N2O2/c1-4-9-19-13(3)12(2)15-7-8-18-17(16(15)19)21-11-14-6-5-10-20-14/h7-8,14H,4-6,9-11H2,1-3H3. The Morgan fingerprint density at radius 2 is 2.29 bits per heavy atom. The first-order chi connectivity index (χ1) is 10.2. The summed E-state index contributed by atoms with van der Waals surface area (Å²) in [5, 5.41) is 1.25. The van der Waals surface area contributed by atoms with Gasteiger partial charge in [0.05, 0.1) is 6.10 Å². The molecule has 3 heterocycles. The van der Waals surface area contributed by atoms with E-state index < -0.39 is 0 Å². The minimum absolute atomic E-state index is 0.221. The summed E-state index contributed by atoms with van der Waals surface area (Å²) in [6, 6.07) is 2.09. The van der Waals surface area contributed by atoms with Crippen LogP contribution in [0.3, 0.4) is 0 Å². The number of ether oxygens (including phenoxy) is 2. The van der Waals surface area contributed by atoms with E-state index in [0.29, 0.717) is 6.61 Å². The van der Waals surface area contributed by atoms with E-state index in [-0.39, 0.29) is 6.10 Å². The van der Waals surface area contributed by atoms with E-state index in [2.05, 4.69) is 36.4 Å². The van der Waals surface area contributed by atoms with Gasteiger partial charge < -0.3 is 14.0 Å². The predicted octanol–water partition coefficient (Wildman–Crippen LogP) is 3.62. The zero-order valence-electron chi connectivity index (χ0n) is 13.2. The smallest absolute Gasteiger partial charge is 0.238 e. The van der Waals surface area contributed by atoms with Crippen molar-refractivity contribution < 1.29 is 9.47 Å². The molecule has 0 radical (unpaired) electrons. The molecule has 1 aliphatic heterocycles. The molecule has 21 heavy (non-hydrogen) atoms. The van der Waals surface area contributed by atoms with Crippen LogP contribution in [0, 0.1) is 13.8 Å². The minimum atomic E-state index is 0.221. The van der Waals surface area contributed by atoms with Gasteiger partial charge in [-0.05, 0) is 44.7 Å². The first-order valence-electron chi connectivity index (χ1n) is 7.91. The number of hydrogen-bond acceptors (Lipinski definition) is 3. The van der Waals surface area contributed by atoms with E-state index in [1.54, 1.807) is 0 Å². The molecule has 1 atom stereocenters. The number of rotatable bonds is 5. The number of hydrogen-bond donors (Lipinski definition) is 0. The third-order valence-corrected chi connectivity index (χ3v) is 4.39. The molecule has 1 fully saturated rings. The molecular weight excluding hydrogens is 264 g/mol. The Kier molecular flexibility index (Phi) is 4.15. The minimum Gasteiger partial charge on any atom is -0.473 e. The van der Waals surface area contributed by atoms with Crippen LogP contribution >= 0.6 is 0 Å². The molecular formula is C17H24N2O2. The third kappa shape index (κ3) is 2.64. The Hall–Kier alpha value is -1.55. The summed E-state index contributed by atoms with van der Waals surface area (Å²) in [7, 11) is 0. The summed E-state index contributed by atoms with van der Waals surface area (Å²) in [5.41, 5.74) is 3.76. The van der Waals surface area contributed by atoms with Crippen molar-refractivity contribution in [2.45, 2.75) is 52.7 Å². The van der Waals surface area contributed by atoms with Gasteiger partial charge >= 0.3 is 0 Å². The summed E-state index contributed by atoms with van der Waals surface area (Å²) in [4.78, 5) is 4.47. The average molecular weight is 288 g/mol. The van der Waals surface area contributed by atoms with Crippen LogP contribution in [0.15, 0.2) is 12.3 Å².